The van der Waals surface area contributed by atoms with Crippen LogP contribution in [0.1, 0.15) is 16.8 Å². The van der Waals surface area contributed by atoms with Gasteiger partial charge in [-0.05, 0) is 25.6 Å². The normalized spacial score (nSPS) is 10.8. The molecule has 0 spiro atoms. The van der Waals surface area contributed by atoms with E-state index in [0.29, 0.717) is 0 Å². The van der Waals surface area contributed by atoms with Crippen LogP contribution in [0, 0.1) is 6.92 Å². The van der Waals surface area contributed by atoms with E-state index in [1.807, 2.05) is 24.3 Å². The highest BCUT2D eigenvalue weighted by atomic mass is 35.5. The monoisotopic (exact) mass is 280 g/mol. The number of nitrogens with zero attached hydrogens (tertiary/aromatic N) is 1. The smallest absolute Gasteiger partial charge is 0.0948 e. The molecule has 2 aromatic rings. The highest BCUT2D eigenvalue weighted by molar-refractivity contribution is 7.12. The molecule has 0 atom stereocenters. The highest BCUT2D eigenvalue weighted by Gasteiger charge is 2.09. The molecule has 0 fully saturated rings. The maximum absolute atomic E-state index is 5.90. The van der Waals surface area contributed by atoms with Crippen molar-refractivity contribution < 1.29 is 0 Å². The zero-order valence-corrected chi connectivity index (χ0v) is 12.2. The molecule has 1 aromatic heterocycles. The van der Waals surface area contributed by atoms with Gasteiger partial charge in [-0.25, -0.2) is 4.98 Å². The minimum Gasteiger partial charge on any atom is -0.317 e. The molecule has 4 heteroatoms. The maximum atomic E-state index is 5.90. The molecular weight excluding hydrogens is 264 g/mol. The Morgan fingerprint density at radius 1 is 1.28 bits per heavy atom. The number of aryl methyl sites for hydroxylation is 1. The maximum Gasteiger partial charge on any atom is 0.0948 e. The summed E-state index contributed by atoms with van der Waals surface area (Å²) >= 11 is 7.68. The van der Waals surface area contributed by atoms with Crippen molar-refractivity contribution in [3.05, 3.63) is 39.2 Å². The van der Waals surface area contributed by atoms with Crippen LogP contribution >= 0.6 is 22.9 Å². The van der Waals surface area contributed by atoms with Gasteiger partial charge in [0.25, 0.3) is 0 Å². The van der Waals surface area contributed by atoms with Crippen LogP contribution in [0.5, 0.6) is 0 Å². The number of thiazole rings is 1. The lowest BCUT2D eigenvalue weighted by molar-refractivity contribution is 0.714. The van der Waals surface area contributed by atoms with Crippen LogP contribution in [-0.4, -0.2) is 18.1 Å². The fourth-order valence-corrected chi connectivity index (χ4v) is 2.89. The number of aromatic nitrogens is 1. The molecule has 1 heterocycles. The van der Waals surface area contributed by atoms with Crippen molar-refractivity contribution in [2.45, 2.75) is 20.3 Å². The quantitative estimate of drug-likeness (QED) is 0.840. The Morgan fingerprint density at radius 3 is 2.67 bits per heavy atom. The van der Waals surface area contributed by atoms with Gasteiger partial charge in [0.1, 0.15) is 0 Å². The number of hydrogen-bond donors (Lipinski definition) is 1. The lowest BCUT2D eigenvalue weighted by Gasteiger charge is -1.99. The summed E-state index contributed by atoms with van der Waals surface area (Å²) in [6.07, 6.45) is 0.993. The van der Waals surface area contributed by atoms with Crippen molar-refractivity contribution >= 4 is 22.9 Å². The second-order valence-electron chi connectivity index (χ2n) is 4.12. The van der Waals surface area contributed by atoms with E-state index in [1.165, 1.54) is 9.88 Å². The molecule has 0 aliphatic carbocycles. The van der Waals surface area contributed by atoms with Crippen molar-refractivity contribution in [3.63, 3.8) is 0 Å². The van der Waals surface area contributed by atoms with Gasteiger partial charge in [0.05, 0.1) is 10.7 Å². The molecule has 0 saturated carbocycles. The fourth-order valence-electron chi connectivity index (χ4n) is 1.81. The van der Waals surface area contributed by atoms with E-state index in [9.17, 15) is 0 Å². The molecule has 18 heavy (non-hydrogen) atoms. The molecular formula is C14H17ClN2S. The van der Waals surface area contributed by atoms with Crippen molar-refractivity contribution in [3.8, 4) is 11.3 Å². The summed E-state index contributed by atoms with van der Waals surface area (Å²) in [5.74, 6) is 0. The number of rotatable bonds is 5. The second kappa shape index (κ2) is 6.32. The van der Waals surface area contributed by atoms with Crippen molar-refractivity contribution in [2.75, 3.05) is 13.1 Å². The summed E-state index contributed by atoms with van der Waals surface area (Å²) < 4.78 is 0. The van der Waals surface area contributed by atoms with E-state index in [2.05, 4.69) is 19.2 Å². The van der Waals surface area contributed by atoms with Crippen molar-refractivity contribution in [2.24, 2.45) is 0 Å². The predicted molar refractivity (Wildman–Crippen MR) is 79.5 cm³/mol. The van der Waals surface area contributed by atoms with Gasteiger partial charge < -0.3 is 5.32 Å². The molecule has 96 valence electrons. The molecule has 0 aliphatic heterocycles. The van der Waals surface area contributed by atoms with Crippen LogP contribution < -0.4 is 5.32 Å². The molecule has 2 nitrogen and oxygen atoms in total. The first-order valence-electron chi connectivity index (χ1n) is 6.13. The van der Waals surface area contributed by atoms with Crippen LogP contribution in [0.15, 0.2) is 24.3 Å². The summed E-state index contributed by atoms with van der Waals surface area (Å²) in [5.41, 5.74) is 2.23. The third kappa shape index (κ3) is 3.31. The number of benzene rings is 1. The summed E-state index contributed by atoms with van der Waals surface area (Å²) in [6, 6.07) is 7.87. The Bertz CT molecular complexity index is 505. The Hall–Kier alpha value is -0.900. The lowest BCUT2D eigenvalue weighted by atomic mass is 10.1. The van der Waals surface area contributed by atoms with E-state index in [-0.39, 0.29) is 0 Å². The van der Waals surface area contributed by atoms with E-state index < -0.39 is 0 Å². The molecule has 0 amide bonds. The molecule has 2 rings (SSSR count). The molecule has 1 aromatic carbocycles. The Labute approximate surface area is 117 Å². The Kier molecular flexibility index (Phi) is 4.75. The summed E-state index contributed by atoms with van der Waals surface area (Å²) in [7, 11) is 0. The summed E-state index contributed by atoms with van der Waals surface area (Å²) in [5, 5.41) is 5.28. The molecule has 1 N–H and O–H groups in total. The summed E-state index contributed by atoms with van der Waals surface area (Å²) in [4.78, 5) is 5.98. The molecule has 0 aliphatic rings. The van der Waals surface area contributed by atoms with Gasteiger partial charge in [-0.3, -0.25) is 0 Å². The minimum absolute atomic E-state index is 0.763. The molecule has 0 radical (unpaired) electrons. The first kappa shape index (κ1) is 13.5. The topological polar surface area (TPSA) is 24.9 Å². The zero-order valence-electron chi connectivity index (χ0n) is 10.7. The molecule has 0 bridgehead atoms. The first-order chi connectivity index (χ1) is 8.70. The number of halogens is 1. The minimum atomic E-state index is 0.763. The van der Waals surface area contributed by atoms with Crippen LogP contribution in [0.2, 0.25) is 5.02 Å². The Morgan fingerprint density at radius 2 is 2.00 bits per heavy atom. The van der Waals surface area contributed by atoms with Gasteiger partial charge in [0.2, 0.25) is 0 Å². The van der Waals surface area contributed by atoms with Gasteiger partial charge in [-0.2, -0.15) is 0 Å². The van der Waals surface area contributed by atoms with E-state index in [1.54, 1.807) is 11.3 Å². The van der Waals surface area contributed by atoms with Gasteiger partial charge in [-0.1, -0.05) is 30.7 Å². The first-order valence-corrected chi connectivity index (χ1v) is 7.33. The largest absolute Gasteiger partial charge is 0.317 e. The summed E-state index contributed by atoms with van der Waals surface area (Å²) in [6.45, 7) is 6.24. The van der Waals surface area contributed by atoms with Crippen LogP contribution in [0.4, 0.5) is 0 Å². The number of nitrogens with one attached hydrogen (secondary N) is 1. The van der Waals surface area contributed by atoms with Gasteiger partial charge in [-0.15, -0.1) is 11.3 Å². The molecule has 0 unspecified atom stereocenters. The zero-order chi connectivity index (χ0) is 13.0. The SMILES string of the molecule is CCNCCc1nc(-c2ccc(Cl)cc2)c(C)s1. The van der Waals surface area contributed by atoms with Crippen LogP contribution in [0.25, 0.3) is 11.3 Å². The average Bonchev–Trinajstić information content (AvgIpc) is 2.72. The third-order valence-electron chi connectivity index (χ3n) is 2.72. The van der Waals surface area contributed by atoms with Gasteiger partial charge in [0, 0.05) is 28.4 Å². The average molecular weight is 281 g/mol. The van der Waals surface area contributed by atoms with Crippen LogP contribution in [0.3, 0.4) is 0 Å². The Balaban J connectivity index is 2.16. The van der Waals surface area contributed by atoms with E-state index in [4.69, 9.17) is 16.6 Å². The van der Waals surface area contributed by atoms with Crippen molar-refractivity contribution in [1.82, 2.24) is 10.3 Å². The van der Waals surface area contributed by atoms with E-state index in [0.717, 1.165) is 35.8 Å². The van der Waals surface area contributed by atoms with Gasteiger partial charge >= 0.3 is 0 Å². The highest BCUT2D eigenvalue weighted by Crippen LogP contribution is 2.28. The third-order valence-corrected chi connectivity index (χ3v) is 4.01. The molecule has 0 saturated heterocycles. The van der Waals surface area contributed by atoms with E-state index >= 15 is 0 Å². The van der Waals surface area contributed by atoms with Gasteiger partial charge in [0.15, 0.2) is 0 Å². The van der Waals surface area contributed by atoms with Crippen LogP contribution in [-0.2, 0) is 6.42 Å². The standard InChI is InChI=1S/C14H17ClN2S/c1-3-16-9-8-13-17-14(10(2)18-13)11-4-6-12(15)7-5-11/h4-7,16H,3,8-9H2,1-2H3. The fraction of sp³-hybridized carbons (Fsp3) is 0.357. The second-order valence-corrected chi connectivity index (χ2v) is 5.85. The predicted octanol–water partition coefficient (Wildman–Crippen LogP) is 3.92. The lowest BCUT2D eigenvalue weighted by Crippen LogP contribution is -2.15. The number of hydrogen-bond acceptors (Lipinski definition) is 3. The van der Waals surface area contributed by atoms with Crippen molar-refractivity contribution in [1.29, 1.82) is 0 Å². The number of likely N-dealkylation sites (N-methyl/N-ethyl adjacent to an activating group) is 1.